The first kappa shape index (κ1) is 12.4. The highest BCUT2D eigenvalue weighted by atomic mass is 16.2. The lowest BCUT2D eigenvalue weighted by molar-refractivity contribution is 0.675. The van der Waals surface area contributed by atoms with Gasteiger partial charge in [-0.25, -0.2) is 4.79 Å². The van der Waals surface area contributed by atoms with E-state index >= 15 is 0 Å². The molecule has 0 radical (unpaired) electrons. The van der Waals surface area contributed by atoms with Crippen LogP contribution in [0.15, 0.2) is 33.4 Å². The Labute approximate surface area is 105 Å². The molecular weight excluding hydrogens is 228 g/mol. The lowest BCUT2D eigenvalue weighted by Crippen LogP contribution is -2.40. The summed E-state index contributed by atoms with van der Waals surface area (Å²) in [5.41, 5.74) is 2.65. The van der Waals surface area contributed by atoms with E-state index in [9.17, 15) is 9.59 Å². The lowest BCUT2D eigenvalue weighted by Gasteiger charge is -2.14. The van der Waals surface area contributed by atoms with Gasteiger partial charge in [0.2, 0.25) is 0 Å². The molecule has 1 aliphatic carbocycles. The molecule has 0 aromatic carbocycles. The highest BCUT2D eigenvalue weighted by molar-refractivity contribution is 5.73. The largest absolute Gasteiger partial charge is 0.330 e. The predicted octanol–water partition coefficient (Wildman–Crippen LogP) is 1.46. The Morgan fingerprint density at radius 1 is 0.944 bits per heavy atom. The second-order valence-corrected chi connectivity index (χ2v) is 4.56. The van der Waals surface area contributed by atoms with Crippen LogP contribution in [0.25, 0.3) is 11.6 Å². The number of hydrogen-bond acceptors (Lipinski definition) is 2. The minimum Gasteiger partial charge on any atom is -0.296 e. The molecule has 4 nitrogen and oxygen atoms in total. The molecule has 0 fully saturated rings. The summed E-state index contributed by atoms with van der Waals surface area (Å²) >= 11 is 0. The Morgan fingerprint density at radius 2 is 1.61 bits per heavy atom. The number of hydrogen-bond donors (Lipinski definition) is 0. The first-order valence-corrected chi connectivity index (χ1v) is 5.77. The highest BCUT2D eigenvalue weighted by Crippen LogP contribution is 2.19. The molecule has 2 rings (SSSR count). The number of aromatic nitrogens is 2. The molecule has 1 heterocycles. The molecule has 0 bridgehead atoms. The topological polar surface area (TPSA) is 44.0 Å². The second kappa shape index (κ2) is 4.29. The molecule has 1 aromatic heterocycles. The molecular formula is C14H16N2O2. The Bertz CT molecular complexity index is 713. The van der Waals surface area contributed by atoms with Gasteiger partial charge in [-0.05, 0) is 25.5 Å². The molecule has 0 N–H and O–H groups in total. The molecule has 0 atom stereocenters. The molecule has 18 heavy (non-hydrogen) atoms. The van der Waals surface area contributed by atoms with Gasteiger partial charge in [0.1, 0.15) is 0 Å². The third kappa shape index (κ3) is 1.79. The summed E-state index contributed by atoms with van der Waals surface area (Å²) in [5.74, 6) is 0. The van der Waals surface area contributed by atoms with Gasteiger partial charge in [0.05, 0.1) is 11.3 Å². The van der Waals surface area contributed by atoms with Crippen molar-refractivity contribution in [3.63, 3.8) is 0 Å². The van der Waals surface area contributed by atoms with Gasteiger partial charge in [0, 0.05) is 14.1 Å². The number of allylic oxidation sites excluding steroid dienone is 5. The zero-order valence-corrected chi connectivity index (χ0v) is 11.0. The fourth-order valence-electron chi connectivity index (χ4n) is 2.10. The minimum absolute atomic E-state index is 0.258. The van der Waals surface area contributed by atoms with E-state index in [0.717, 1.165) is 15.7 Å². The third-order valence-electron chi connectivity index (χ3n) is 3.18. The summed E-state index contributed by atoms with van der Waals surface area (Å²) in [4.78, 5) is 24.1. The monoisotopic (exact) mass is 244 g/mol. The van der Waals surface area contributed by atoms with E-state index in [4.69, 9.17) is 0 Å². The molecule has 0 amide bonds. The van der Waals surface area contributed by atoms with E-state index in [1.54, 1.807) is 13.1 Å². The second-order valence-electron chi connectivity index (χ2n) is 4.56. The van der Waals surface area contributed by atoms with Gasteiger partial charge in [-0.2, -0.15) is 0 Å². The average molecular weight is 244 g/mol. The normalized spacial score (nSPS) is 22.0. The first-order valence-electron chi connectivity index (χ1n) is 5.77. The van der Waals surface area contributed by atoms with E-state index in [0.29, 0.717) is 11.3 Å². The molecule has 94 valence electrons. The van der Waals surface area contributed by atoms with Crippen LogP contribution in [-0.4, -0.2) is 9.13 Å². The maximum atomic E-state index is 12.2. The Morgan fingerprint density at radius 3 is 2.28 bits per heavy atom. The fraction of sp³-hybridized carbons (Fsp3) is 0.286. The maximum Gasteiger partial charge on any atom is 0.330 e. The van der Waals surface area contributed by atoms with Crippen LogP contribution in [0.5, 0.6) is 0 Å². The quantitative estimate of drug-likeness (QED) is 0.693. The molecule has 1 aliphatic rings. The van der Waals surface area contributed by atoms with Gasteiger partial charge in [0.25, 0.3) is 5.56 Å². The molecule has 4 heteroatoms. The summed E-state index contributed by atoms with van der Waals surface area (Å²) in [6.07, 6.45) is 7.56. The van der Waals surface area contributed by atoms with Crippen LogP contribution >= 0.6 is 0 Å². The molecule has 0 saturated heterocycles. The van der Waals surface area contributed by atoms with Crippen molar-refractivity contribution in [2.45, 2.75) is 13.8 Å². The Balaban J connectivity index is 2.96. The van der Waals surface area contributed by atoms with Gasteiger partial charge in [0.15, 0.2) is 0 Å². The first-order chi connectivity index (χ1) is 8.43. The summed E-state index contributed by atoms with van der Waals surface area (Å²) in [5, 5.41) is 0. The van der Waals surface area contributed by atoms with E-state index < -0.39 is 0 Å². The van der Waals surface area contributed by atoms with Crippen molar-refractivity contribution in [1.29, 1.82) is 0 Å². The zero-order valence-electron chi connectivity index (χ0n) is 11.0. The summed E-state index contributed by atoms with van der Waals surface area (Å²) in [6.45, 7) is 3.87. The Hall–Kier alpha value is -2.10. The SMILES string of the molecule is CC1=C/C=C(/C)c2c(c(=O)n(C)c(=O)n2C)/C=C\1. The van der Waals surface area contributed by atoms with Gasteiger partial charge in [-0.15, -0.1) is 0 Å². The summed E-state index contributed by atoms with van der Waals surface area (Å²) < 4.78 is 2.65. The van der Waals surface area contributed by atoms with Crippen molar-refractivity contribution in [1.82, 2.24) is 9.13 Å². The van der Waals surface area contributed by atoms with Crippen LogP contribution < -0.4 is 11.2 Å². The van der Waals surface area contributed by atoms with Crippen LogP contribution in [0.4, 0.5) is 0 Å². The maximum absolute atomic E-state index is 12.2. The van der Waals surface area contributed by atoms with E-state index in [1.807, 2.05) is 32.1 Å². The van der Waals surface area contributed by atoms with Crippen LogP contribution in [0.2, 0.25) is 0 Å². The summed E-state index contributed by atoms with van der Waals surface area (Å²) in [7, 11) is 3.18. The molecule has 0 unspecified atom stereocenters. The van der Waals surface area contributed by atoms with Crippen molar-refractivity contribution in [3.8, 4) is 0 Å². The number of nitrogens with zero attached hydrogens (tertiary/aromatic N) is 2. The minimum atomic E-state index is -0.304. The average Bonchev–Trinajstić information content (AvgIpc) is 2.34. The van der Waals surface area contributed by atoms with Crippen LogP contribution in [0.1, 0.15) is 25.1 Å². The van der Waals surface area contributed by atoms with Crippen molar-refractivity contribution in [2.75, 3.05) is 0 Å². The van der Waals surface area contributed by atoms with Gasteiger partial charge in [-0.3, -0.25) is 13.9 Å². The van der Waals surface area contributed by atoms with Gasteiger partial charge in [-0.1, -0.05) is 23.8 Å². The standard InChI is InChI=1S/C14H16N2O2/c1-9-5-7-10(2)12-11(8-6-9)13(17)16(4)14(18)15(12)3/h5-8H,1-4H3/b7-5?,8-6-,9-5-,9-6?,10-7-,11-8?,12-10?. The summed E-state index contributed by atoms with van der Waals surface area (Å²) in [6, 6.07) is 0. The van der Waals surface area contributed by atoms with E-state index in [2.05, 4.69) is 0 Å². The molecule has 1 aromatic rings. The molecule has 0 spiro atoms. The van der Waals surface area contributed by atoms with Crippen molar-refractivity contribution in [2.24, 2.45) is 14.1 Å². The smallest absolute Gasteiger partial charge is 0.296 e. The lowest BCUT2D eigenvalue weighted by atomic mass is 10.0. The van der Waals surface area contributed by atoms with E-state index in [1.165, 1.54) is 11.6 Å². The predicted molar refractivity (Wildman–Crippen MR) is 73.4 cm³/mol. The Kier molecular flexibility index (Phi) is 2.95. The molecule has 0 saturated carbocycles. The van der Waals surface area contributed by atoms with E-state index in [-0.39, 0.29) is 11.2 Å². The third-order valence-corrected chi connectivity index (χ3v) is 3.18. The highest BCUT2D eigenvalue weighted by Gasteiger charge is 2.15. The van der Waals surface area contributed by atoms with Crippen LogP contribution in [0.3, 0.4) is 0 Å². The number of rotatable bonds is 0. The van der Waals surface area contributed by atoms with Crippen molar-refractivity contribution < 1.29 is 0 Å². The van der Waals surface area contributed by atoms with Crippen molar-refractivity contribution >= 4 is 11.6 Å². The van der Waals surface area contributed by atoms with Gasteiger partial charge < -0.3 is 0 Å². The molecule has 0 aliphatic heterocycles. The number of fused-ring (bicyclic) bond motifs is 1. The fourth-order valence-corrected chi connectivity index (χ4v) is 2.10. The van der Waals surface area contributed by atoms with Gasteiger partial charge >= 0.3 is 5.69 Å². The van der Waals surface area contributed by atoms with Crippen LogP contribution in [-0.2, 0) is 14.1 Å². The van der Waals surface area contributed by atoms with Crippen molar-refractivity contribution in [3.05, 3.63) is 55.9 Å². The zero-order chi connectivity index (χ0) is 13.4. The van der Waals surface area contributed by atoms with Crippen LogP contribution in [0, 0.1) is 0 Å².